The molecule has 13 nitrogen and oxygen atoms in total. The Hall–Kier alpha value is -2.01. The molecular weight excluding hydrogens is 640 g/mol. The third-order valence-electron chi connectivity index (χ3n) is 11.3. The van der Waals surface area contributed by atoms with Gasteiger partial charge in [0.2, 0.25) is 6.29 Å². The molecule has 0 amide bonds. The molecule has 3 heterocycles. The van der Waals surface area contributed by atoms with E-state index >= 15 is 0 Å². The van der Waals surface area contributed by atoms with Crippen molar-refractivity contribution in [1.29, 1.82) is 0 Å². The molecule has 274 valence electrons. The van der Waals surface area contributed by atoms with Crippen LogP contribution in [0.4, 0.5) is 0 Å². The molecule has 5 aliphatic rings. The van der Waals surface area contributed by atoms with Crippen LogP contribution in [0.15, 0.2) is 24.3 Å². The molecule has 1 saturated carbocycles. The van der Waals surface area contributed by atoms with Crippen molar-refractivity contribution in [3.63, 3.8) is 0 Å². The van der Waals surface area contributed by atoms with Gasteiger partial charge in [0.25, 0.3) is 0 Å². The summed E-state index contributed by atoms with van der Waals surface area (Å²) >= 11 is 0. The Morgan fingerprint density at radius 2 is 1.65 bits per heavy atom. The highest BCUT2D eigenvalue weighted by Crippen LogP contribution is 2.45. The Balaban J connectivity index is 1.11. The van der Waals surface area contributed by atoms with Gasteiger partial charge in [-0.3, -0.25) is 4.79 Å². The fourth-order valence-corrected chi connectivity index (χ4v) is 8.36. The number of hydrogen-bond acceptors (Lipinski definition) is 13. The molecule has 13 heteroatoms. The van der Waals surface area contributed by atoms with Crippen molar-refractivity contribution in [3.05, 3.63) is 41.0 Å². The highest BCUT2D eigenvalue weighted by Gasteiger charge is 2.50. The van der Waals surface area contributed by atoms with Crippen LogP contribution in [0.1, 0.15) is 88.3 Å². The van der Waals surface area contributed by atoms with Gasteiger partial charge in [-0.05, 0) is 87.3 Å². The minimum atomic E-state index is -1.63. The van der Waals surface area contributed by atoms with Crippen LogP contribution in [0.5, 0.6) is 0 Å². The SMILES string of the molecule is C[C@@H]1O[C@@H](O[C@@H]2O[C@H](CO)[C@@H](O)[C@H](O)[C@H]2O)C[C@](C)(O)[C@H]1O[C@@H]1CC(=O)C=C(c2ccc3c(c2)CC[C@@H]2[C@@H]3CC[C@H](C)[C@H](O)CC[C@@H]2O)O1. The van der Waals surface area contributed by atoms with Crippen molar-refractivity contribution < 1.29 is 64.2 Å². The fourth-order valence-electron chi connectivity index (χ4n) is 8.36. The Labute approximate surface area is 286 Å². The van der Waals surface area contributed by atoms with Crippen LogP contribution in [0.2, 0.25) is 0 Å². The van der Waals surface area contributed by atoms with Gasteiger partial charge in [0.05, 0.1) is 36.9 Å². The molecular formula is C36H52O13. The van der Waals surface area contributed by atoms with Gasteiger partial charge in [-0.1, -0.05) is 19.1 Å². The number of aliphatic hydroxyl groups is 7. The maximum Gasteiger partial charge on any atom is 0.207 e. The molecule has 0 aromatic heterocycles. The van der Waals surface area contributed by atoms with Crippen molar-refractivity contribution in [2.75, 3.05) is 6.61 Å². The number of fused-ring (bicyclic) bond motifs is 3. The first-order valence-corrected chi connectivity index (χ1v) is 17.7. The van der Waals surface area contributed by atoms with Crippen molar-refractivity contribution in [1.82, 2.24) is 0 Å². The second kappa shape index (κ2) is 14.9. The van der Waals surface area contributed by atoms with Gasteiger partial charge in [0.15, 0.2) is 18.4 Å². The van der Waals surface area contributed by atoms with E-state index in [-0.39, 0.29) is 36.4 Å². The lowest BCUT2D eigenvalue weighted by Crippen LogP contribution is -2.62. The van der Waals surface area contributed by atoms with Crippen LogP contribution in [0.3, 0.4) is 0 Å². The lowest BCUT2D eigenvalue weighted by Gasteiger charge is -2.47. The first-order valence-electron chi connectivity index (χ1n) is 17.7. The number of aliphatic hydroxyl groups excluding tert-OH is 6. The lowest BCUT2D eigenvalue weighted by atomic mass is 9.70. The minimum Gasteiger partial charge on any atom is -0.464 e. The van der Waals surface area contributed by atoms with Crippen molar-refractivity contribution in [2.45, 2.75) is 151 Å². The van der Waals surface area contributed by atoms with Crippen molar-refractivity contribution >= 4 is 11.5 Å². The number of carbonyl (C=O) groups excluding carboxylic acids is 1. The molecule has 2 saturated heterocycles. The van der Waals surface area contributed by atoms with E-state index in [1.54, 1.807) is 6.92 Å². The minimum absolute atomic E-state index is 0.0653. The summed E-state index contributed by atoms with van der Waals surface area (Å²) in [4.78, 5) is 12.9. The quantitative estimate of drug-likeness (QED) is 0.223. The van der Waals surface area contributed by atoms with E-state index in [4.69, 9.17) is 23.7 Å². The monoisotopic (exact) mass is 692 g/mol. The number of carbonyl (C=O) groups is 1. The summed E-state index contributed by atoms with van der Waals surface area (Å²) in [6.07, 6.45) is -6.19. The van der Waals surface area contributed by atoms with E-state index in [0.717, 1.165) is 36.8 Å². The first-order chi connectivity index (χ1) is 23.2. The summed E-state index contributed by atoms with van der Waals surface area (Å²) in [6.45, 7) is 4.66. The second-order valence-corrected chi connectivity index (χ2v) is 14.9. The summed E-state index contributed by atoms with van der Waals surface area (Å²) < 4.78 is 29.5. The Bertz CT molecular complexity index is 1350. The Kier molecular flexibility index (Phi) is 11.2. The molecule has 15 atom stereocenters. The molecule has 1 aromatic carbocycles. The Morgan fingerprint density at radius 1 is 0.898 bits per heavy atom. The maximum absolute atomic E-state index is 12.9. The van der Waals surface area contributed by atoms with Gasteiger partial charge in [0, 0.05) is 18.1 Å². The number of hydrogen-bond donors (Lipinski definition) is 7. The smallest absolute Gasteiger partial charge is 0.207 e. The molecule has 0 unspecified atom stereocenters. The highest BCUT2D eigenvalue weighted by atomic mass is 16.8. The second-order valence-electron chi connectivity index (χ2n) is 14.9. The zero-order valence-electron chi connectivity index (χ0n) is 28.3. The normalized spacial score (nSPS) is 44.8. The molecule has 0 radical (unpaired) electrons. The number of allylic oxidation sites excluding steroid dienone is 1. The fraction of sp³-hybridized carbons (Fsp3) is 0.750. The predicted molar refractivity (Wildman–Crippen MR) is 172 cm³/mol. The van der Waals surface area contributed by atoms with Crippen LogP contribution < -0.4 is 0 Å². The van der Waals surface area contributed by atoms with Crippen molar-refractivity contribution in [2.24, 2.45) is 11.8 Å². The van der Waals surface area contributed by atoms with E-state index in [9.17, 15) is 40.5 Å². The maximum atomic E-state index is 12.9. The van der Waals surface area contributed by atoms with E-state index in [2.05, 4.69) is 13.0 Å². The van der Waals surface area contributed by atoms with Crippen LogP contribution >= 0.6 is 0 Å². The third-order valence-corrected chi connectivity index (χ3v) is 11.3. The summed E-state index contributed by atoms with van der Waals surface area (Å²) in [7, 11) is 0. The molecule has 3 aliphatic heterocycles. The number of ketones is 1. The summed E-state index contributed by atoms with van der Waals surface area (Å²) in [5, 5.41) is 73.1. The Morgan fingerprint density at radius 3 is 2.39 bits per heavy atom. The zero-order valence-corrected chi connectivity index (χ0v) is 28.3. The van der Waals surface area contributed by atoms with E-state index in [0.29, 0.717) is 18.6 Å². The standard InChI is InChI=1S/C36H52O13/c1-17-4-7-23-22-8-6-20(12-19(22)5-9-24(23)26(40)11-10-25(17)39)27-13-21(38)14-29(46-27)48-34-18(2)45-30(15-36(34,3)44)49-35-33(43)32(42)31(41)28(16-37)47-35/h6,8,12-13,17-18,23-26,28-35,37,39-44H,4-5,7,9-11,14-16H2,1-3H3/t17-,18-,23+,24+,25+,26-,28+,29+,30-,31+,32-,33+,34-,35-,36-/m0/s1. The molecule has 49 heavy (non-hydrogen) atoms. The third kappa shape index (κ3) is 7.77. The largest absolute Gasteiger partial charge is 0.464 e. The van der Waals surface area contributed by atoms with E-state index < -0.39 is 79.9 Å². The van der Waals surface area contributed by atoms with Gasteiger partial charge in [0.1, 0.15) is 36.3 Å². The molecule has 2 aliphatic carbocycles. The van der Waals surface area contributed by atoms with Gasteiger partial charge in [-0.15, -0.1) is 0 Å². The van der Waals surface area contributed by atoms with Gasteiger partial charge < -0.3 is 59.4 Å². The lowest BCUT2D eigenvalue weighted by molar-refractivity contribution is -0.368. The summed E-state index contributed by atoms with van der Waals surface area (Å²) in [5.41, 5.74) is 1.55. The number of aryl methyl sites for hydroxylation is 1. The zero-order chi connectivity index (χ0) is 35.2. The average Bonchev–Trinajstić information content (AvgIpc) is 3.11. The van der Waals surface area contributed by atoms with Crippen LogP contribution in [0.25, 0.3) is 5.76 Å². The van der Waals surface area contributed by atoms with Gasteiger partial charge >= 0.3 is 0 Å². The van der Waals surface area contributed by atoms with Crippen LogP contribution in [-0.4, -0.2) is 121 Å². The topological polar surface area (TPSA) is 205 Å². The number of ether oxygens (including phenoxy) is 5. The first kappa shape index (κ1) is 36.8. The summed E-state index contributed by atoms with van der Waals surface area (Å²) in [5.74, 6) is 0.658. The average molecular weight is 693 g/mol. The van der Waals surface area contributed by atoms with Gasteiger partial charge in [-0.2, -0.15) is 0 Å². The molecule has 0 bridgehead atoms. The van der Waals surface area contributed by atoms with E-state index in [1.165, 1.54) is 18.6 Å². The van der Waals surface area contributed by atoms with Gasteiger partial charge in [-0.25, -0.2) is 0 Å². The predicted octanol–water partition coefficient (Wildman–Crippen LogP) is 1.01. The number of rotatable bonds is 6. The van der Waals surface area contributed by atoms with Crippen molar-refractivity contribution in [3.8, 4) is 0 Å². The highest BCUT2D eigenvalue weighted by molar-refractivity contribution is 5.97. The molecule has 6 rings (SSSR count). The number of benzene rings is 1. The molecule has 7 N–H and O–H groups in total. The van der Waals surface area contributed by atoms with Crippen LogP contribution in [0, 0.1) is 11.8 Å². The van der Waals surface area contributed by atoms with E-state index in [1.807, 2.05) is 12.1 Å². The summed E-state index contributed by atoms with van der Waals surface area (Å²) in [6, 6.07) is 6.06. The van der Waals surface area contributed by atoms with Crippen LogP contribution in [-0.2, 0) is 34.9 Å². The molecule has 3 fully saturated rings. The molecule has 0 spiro atoms. The molecule has 1 aromatic rings.